The maximum absolute atomic E-state index is 14.0. The molecule has 1 heterocycles. The van der Waals surface area contributed by atoms with Gasteiger partial charge in [-0.2, -0.15) is 0 Å². The van der Waals surface area contributed by atoms with Gasteiger partial charge in [0.15, 0.2) is 0 Å². The van der Waals surface area contributed by atoms with Crippen LogP contribution in [-0.2, 0) is 19.0 Å². The molecule has 1 amide bonds. The van der Waals surface area contributed by atoms with E-state index < -0.39 is 29.4 Å². The number of rotatable bonds is 22. The highest BCUT2D eigenvalue weighted by molar-refractivity contribution is 6.03. The summed E-state index contributed by atoms with van der Waals surface area (Å²) in [5.41, 5.74) is 2.00. The second-order valence-corrected chi connectivity index (χ2v) is 14.8. The Morgan fingerprint density at radius 1 is 1.04 bits per heavy atom. The SMILES string of the molecule is C=CCOc1ccc2c(c1)[C@H]1[C@H](CCCCO)[C@@H](CCCCO)C=C3C(=NOC(C)(C)C)C[C@H](N(CCOCCO)C(=O)OCC)[C@@](OCC=C)(O2)[C@H]31. The highest BCUT2D eigenvalue weighted by atomic mass is 16.7. The van der Waals surface area contributed by atoms with E-state index in [4.69, 9.17) is 33.7 Å². The molecule has 12 nitrogen and oxygen atoms in total. The number of oxime groups is 1. The van der Waals surface area contributed by atoms with Gasteiger partial charge >= 0.3 is 6.09 Å². The van der Waals surface area contributed by atoms with Crippen LogP contribution in [0.15, 0.2) is 60.3 Å². The molecule has 1 saturated carbocycles. The number of nitrogens with zero attached hydrogens (tertiary/aromatic N) is 2. The minimum atomic E-state index is -1.42. The summed E-state index contributed by atoms with van der Waals surface area (Å²) in [5, 5.41) is 33.9. The molecule has 0 bridgehead atoms. The topological polar surface area (TPSA) is 149 Å². The van der Waals surface area contributed by atoms with Gasteiger partial charge in [0.2, 0.25) is 5.79 Å². The largest absolute Gasteiger partial charge is 0.490 e. The zero-order valence-electron chi connectivity index (χ0n) is 32.2. The van der Waals surface area contributed by atoms with Crippen LogP contribution < -0.4 is 9.47 Å². The highest BCUT2D eigenvalue weighted by Gasteiger charge is 2.65. The zero-order chi connectivity index (χ0) is 38.4. The molecule has 1 aliphatic heterocycles. The highest BCUT2D eigenvalue weighted by Crippen LogP contribution is 2.62. The van der Waals surface area contributed by atoms with Gasteiger partial charge in [-0.25, -0.2) is 4.79 Å². The zero-order valence-corrected chi connectivity index (χ0v) is 32.2. The second kappa shape index (κ2) is 20.3. The van der Waals surface area contributed by atoms with Crippen LogP contribution >= 0.6 is 0 Å². The van der Waals surface area contributed by atoms with Crippen molar-refractivity contribution in [3.05, 3.63) is 60.7 Å². The quantitative estimate of drug-likeness (QED) is 0.0718. The van der Waals surface area contributed by atoms with E-state index in [0.717, 1.165) is 36.8 Å². The first-order chi connectivity index (χ1) is 25.6. The fraction of sp³-hybridized carbons (Fsp3) is 0.659. The molecule has 0 radical (unpaired) electrons. The summed E-state index contributed by atoms with van der Waals surface area (Å²) < 4.78 is 31.5. The van der Waals surface area contributed by atoms with Crippen molar-refractivity contribution in [1.29, 1.82) is 0 Å². The first-order valence-corrected chi connectivity index (χ1v) is 19.2. The number of benzene rings is 1. The minimum absolute atomic E-state index is 0.0745. The molecule has 12 heteroatoms. The van der Waals surface area contributed by atoms with Crippen molar-refractivity contribution in [3.63, 3.8) is 0 Å². The Morgan fingerprint density at radius 3 is 2.43 bits per heavy atom. The lowest BCUT2D eigenvalue weighted by Crippen LogP contribution is -2.70. The number of carbonyl (C=O) groups excluding carboxylic acids is 1. The number of unbranched alkanes of at least 4 members (excludes halogenated alkanes) is 2. The van der Waals surface area contributed by atoms with Crippen LogP contribution in [0.3, 0.4) is 0 Å². The van der Waals surface area contributed by atoms with Crippen LogP contribution in [0.4, 0.5) is 4.79 Å². The van der Waals surface area contributed by atoms with E-state index in [1.807, 2.05) is 39.0 Å². The Hall–Kier alpha value is -3.42. The van der Waals surface area contributed by atoms with Crippen molar-refractivity contribution >= 4 is 11.8 Å². The molecule has 6 atom stereocenters. The number of ether oxygens (including phenoxy) is 5. The van der Waals surface area contributed by atoms with Crippen molar-refractivity contribution in [3.8, 4) is 11.5 Å². The normalized spacial score (nSPS) is 25.4. The Kier molecular flexibility index (Phi) is 16.2. The van der Waals surface area contributed by atoms with E-state index in [9.17, 15) is 20.1 Å². The van der Waals surface area contributed by atoms with Crippen LogP contribution in [-0.4, -0.2) is 109 Å². The summed E-state index contributed by atoms with van der Waals surface area (Å²) in [5.74, 6) is -0.593. The number of aliphatic hydroxyl groups is 3. The molecule has 4 rings (SSSR count). The summed E-state index contributed by atoms with van der Waals surface area (Å²) in [6.45, 7) is 16.5. The van der Waals surface area contributed by atoms with Crippen LogP contribution in [0.25, 0.3) is 0 Å². The van der Waals surface area contributed by atoms with Crippen molar-refractivity contribution < 1.29 is 48.6 Å². The van der Waals surface area contributed by atoms with E-state index in [2.05, 4.69) is 19.2 Å². The van der Waals surface area contributed by atoms with E-state index in [1.165, 1.54) is 0 Å². The van der Waals surface area contributed by atoms with Gasteiger partial charge in [-0.1, -0.05) is 42.8 Å². The van der Waals surface area contributed by atoms with Crippen molar-refractivity contribution in [2.45, 2.75) is 96.0 Å². The molecule has 296 valence electrons. The monoisotopic (exact) mass is 742 g/mol. The average molecular weight is 743 g/mol. The molecule has 0 unspecified atom stereocenters. The Labute approximate surface area is 315 Å². The molecular formula is C41H62N2O10. The van der Waals surface area contributed by atoms with Crippen LogP contribution in [0, 0.1) is 17.8 Å². The standard InChI is InChI=1S/C41H62N2O10/c1-7-22-50-30-16-17-35-33(27-30)37-31(15-11-13-20-45)29(14-10-12-19-44)26-32-34(42-53-40(4,5)6)28-36(41(52-35,38(32)37)51-23-8-2)43(39(47)49-9-3)18-24-48-25-21-46/h7-8,16-17,26-27,29,31,36-38,44-46H,1-2,9-15,18-25,28H2,3-6H3/t29-,31+,36-,37+,38+,41+/m0/s1. The summed E-state index contributed by atoms with van der Waals surface area (Å²) in [7, 11) is 0. The van der Waals surface area contributed by atoms with Gasteiger partial charge in [-0.3, -0.25) is 4.90 Å². The number of carbonyl (C=O) groups is 1. The average Bonchev–Trinajstić information content (AvgIpc) is 3.13. The van der Waals surface area contributed by atoms with Gasteiger partial charge in [-0.05, 0) is 89.0 Å². The van der Waals surface area contributed by atoms with Crippen molar-refractivity contribution in [2.75, 3.05) is 59.4 Å². The Bertz CT molecular complexity index is 1410. The molecule has 3 aliphatic rings. The molecule has 1 aromatic carbocycles. The third-order valence-corrected chi connectivity index (χ3v) is 10.0. The fourth-order valence-corrected chi connectivity index (χ4v) is 8.00. The predicted octanol–water partition coefficient (Wildman–Crippen LogP) is 6.15. The molecule has 0 saturated heterocycles. The molecule has 0 spiro atoms. The maximum Gasteiger partial charge on any atom is 0.410 e. The molecule has 0 aromatic heterocycles. The van der Waals surface area contributed by atoms with Gasteiger partial charge < -0.3 is 43.8 Å². The number of fused-ring (bicyclic) bond motifs is 2. The first-order valence-electron chi connectivity index (χ1n) is 19.2. The lowest BCUT2D eigenvalue weighted by atomic mass is 9.55. The smallest absolute Gasteiger partial charge is 0.410 e. The Balaban J connectivity index is 2.05. The third-order valence-electron chi connectivity index (χ3n) is 10.0. The third kappa shape index (κ3) is 10.4. The van der Waals surface area contributed by atoms with Crippen LogP contribution in [0.2, 0.25) is 0 Å². The minimum Gasteiger partial charge on any atom is -0.490 e. The second-order valence-electron chi connectivity index (χ2n) is 14.8. The predicted molar refractivity (Wildman–Crippen MR) is 203 cm³/mol. The van der Waals surface area contributed by atoms with Crippen LogP contribution in [0.5, 0.6) is 11.5 Å². The van der Waals surface area contributed by atoms with Gasteiger partial charge in [0, 0.05) is 37.7 Å². The summed E-state index contributed by atoms with van der Waals surface area (Å²) >= 11 is 0. The number of hydrogen-bond donors (Lipinski definition) is 3. The van der Waals surface area contributed by atoms with Crippen molar-refractivity contribution in [2.24, 2.45) is 22.9 Å². The van der Waals surface area contributed by atoms with Crippen molar-refractivity contribution in [1.82, 2.24) is 4.90 Å². The number of aliphatic hydroxyl groups excluding tert-OH is 3. The number of amides is 1. The van der Waals surface area contributed by atoms with E-state index in [0.29, 0.717) is 36.7 Å². The number of hydrogen-bond acceptors (Lipinski definition) is 11. The first kappa shape index (κ1) is 42.3. The maximum atomic E-state index is 14.0. The van der Waals surface area contributed by atoms with Gasteiger partial charge in [-0.15, -0.1) is 6.58 Å². The molecule has 1 aromatic rings. The summed E-state index contributed by atoms with van der Waals surface area (Å²) in [4.78, 5) is 21.8. The lowest BCUT2D eigenvalue weighted by Gasteiger charge is -2.59. The number of allylic oxidation sites excluding steroid dienone is 1. The van der Waals surface area contributed by atoms with Crippen LogP contribution in [0.1, 0.15) is 84.1 Å². The summed E-state index contributed by atoms with van der Waals surface area (Å²) in [6.07, 6.45) is 10.0. The van der Waals surface area contributed by atoms with E-state index >= 15 is 0 Å². The van der Waals surface area contributed by atoms with Gasteiger partial charge in [0.05, 0.1) is 44.7 Å². The molecule has 53 heavy (non-hydrogen) atoms. The van der Waals surface area contributed by atoms with Gasteiger partial charge in [0.25, 0.3) is 0 Å². The summed E-state index contributed by atoms with van der Waals surface area (Å²) in [6, 6.07) is 5.08. The van der Waals surface area contributed by atoms with E-state index in [-0.39, 0.29) is 77.0 Å². The molecular weight excluding hydrogens is 680 g/mol. The van der Waals surface area contributed by atoms with E-state index in [1.54, 1.807) is 24.0 Å². The molecule has 3 N–H and O–H groups in total. The van der Waals surface area contributed by atoms with Gasteiger partial charge in [0.1, 0.15) is 29.7 Å². The fourth-order valence-electron chi connectivity index (χ4n) is 8.00. The molecule has 2 aliphatic carbocycles. The Morgan fingerprint density at radius 2 is 1.77 bits per heavy atom. The molecule has 1 fully saturated rings. The lowest BCUT2D eigenvalue weighted by molar-refractivity contribution is -0.256.